The predicted molar refractivity (Wildman–Crippen MR) is 83.6 cm³/mol. The molecule has 1 amide bonds. The van der Waals surface area contributed by atoms with Crippen LogP contribution in [0, 0.1) is 0 Å². The molecular weight excluding hydrogens is 280 g/mol. The van der Waals surface area contributed by atoms with Crippen molar-refractivity contribution in [2.75, 3.05) is 6.61 Å². The number of nitrogens with one attached hydrogen (secondary N) is 1. The van der Waals surface area contributed by atoms with E-state index in [-0.39, 0.29) is 18.3 Å². The van der Waals surface area contributed by atoms with Crippen LogP contribution in [-0.2, 0) is 0 Å². The van der Waals surface area contributed by atoms with E-state index < -0.39 is 6.04 Å². The van der Waals surface area contributed by atoms with E-state index in [4.69, 9.17) is 4.52 Å². The molecule has 1 aromatic heterocycles. The Morgan fingerprint density at radius 2 is 1.95 bits per heavy atom. The average molecular weight is 302 g/mol. The molecule has 2 aromatic rings. The molecule has 1 atom stereocenters. The van der Waals surface area contributed by atoms with Crippen molar-refractivity contribution in [3.8, 4) is 0 Å². The summed E-state index contributed by atoms with van der Waals surface area (Å²) < 4.78 is 5.15. The largest absolute Gasteiger partial charge is 0.394 e. The number of aliphatic hydroxyl groups is 1. The summed E-state index contributed by atoms with van der Waals surface area (Å²) in [6.45, 7) is 3.99. The van der Waals surface area contributed by atoms with Crippen molar-refractivity contribution in [3.63, 3.8) is 0 Å². The second-order valence-electron chi connectivity index (χ2n) is 5.25. The molecular formula is C17H22N2O3. The number of carbonyl (C=O) groups excluding carboxylic acids is 1. The van der Waals surface area contributed by atoms with E-state index in [1.54, 1.807) is 6.07 Å². The summed E-state index contributed by atoms with van der Waals surface area (Å²) in [5.41, 5.74) is 1.65. The van der Waals surface area contributed by atoms with E-state index >= 15 is 0 Å². The monoisotopic (exact) mass is 302 g/mol. The van der Waals surface area contributed by atoms with Gasteiger partial charge in [0.2, 0.25) is 5.76 Å². The number of nitrogens with zero attached hydrogens (tertiary/aromatic N) is 1. The molecule has 0 radical (unpaired) electrons. The maximum absolute atomic E-state index is 12.2. The van der Waals surface area contributed by atoms with Crippen LogP contribution in [0.2, 0.25) is 0 Å². The molecule has 0 bridgehead atoms. The topological polar surface area (TPSA) is 75.4 Å². The Labute approximate surface area is 130 Å². The van der Waals surface area contributed by atoms with Crippen molar-refractivity contribution >= 4 is 5.91 Å². The highest BCUT2D eigenvalue weighted by molar-refractivity contribution is 5.91. The van der Waals surface area contributed by atoms with Crippen LogP contribution in [0.5, 0.6) is 0 Å². The first-order chi connectivity index (χ1) is 10.7. The van der Waals surface area contributed by atoms with Crippen molar-refractivity contribution in [2.24, 2.45) is 0 Å². The lowest BCUT2D eigenvalue weighted by molar-refractivity contribution is 0.0879. The van der Waals surface area contributed by atoms with Gasteiger partial charge in [0.05, 0.1) is 18.3 Å². The highest BCUT2D eigenvalue weighted by Gasteiger charge is 2.20. The van der Waals surface area contributed by atoms with E-state index in [0.717, 1.165) is 24.1 Å². The lowest BCUT2D eigenvalue weighted by atomic mass is 9.99. The van der Waals surface area contributed by atoms with Gasteiger partial charge in [-0.2, -0.15) is 0 Å². The maximum Gasteiger partial charge on any atom is 0.290 e. The summed E-state index contributed by atoms with van der Waals surface area (Å²) in [7, 11) is 0. The molecule has 2 N–H and O–H groups in total. The summed E-state index contributed by atoms with van der Waals surface area (Å²) in [5, 5.41) is 16.2. The zero-order chi connectivity index (χ0) is 15.9. The predicted octanol–water partition coefficient (Wildman–Crippen LogP) is 3.04. The minimum atomic E-state index is -0.463. The zero-order valence-electron chi connectivity index (χ0n) is 13.0. The van der Waals surface area contributed by atoms with Crippen molar-refractivity contribution in [2.45, 2.75) is 38.6 Å². The van der Waals surface area contributed by atoms with E-state index in [1.807, 2.05) is 30.3 Å². The number of hydrogen-bond acceptors (Lipinski definition) is 4. The van der Waals surface area contributed by atoms with Crippen molar-refractivity contribution in [3.05, 3.63) is 53.4 Å². The summed E-state index contributed by atoms with van der Waals surface area (Å²) in [5.74, 6) is 0.108. The maximum atomic E-state index is 12.2. The normalized spacial score (nSPS) is 12.4. The van der Waals surface area contributed by atoms with Crippen LogP contribution < -0.4 is 5.32 Å². The lowest BCUT2D eigenvalue weighted by Crippen LogP contribution is -2.30. The smallest absolute Gasteiger partial charge is 0.290 e. The Balaban J connectivity index is 2.08. The Morgan fingerprint density at radius 3 is 2.55 bits per heavy atom. The highest BCUT2D eigenvalue weighted by atomic mass is 16.5. The number of rotatable bonds is 7. The minimum Gasteiger partial charge on any atom is -0.394 e. The van der Waals surface area contributed by atoms with Crippen LogP contribution >= 0.6 is 0 Å². The second kappa shape index (κ2) is 7.75. The number of amides is 1. The molecule has 0 aliphatic carbocycles. The van der Waals surface area contributed by atoms with Crippen molar-refractivity contribution in [1.29, 1.82) is 0 Å². The molecule has 5 heteroatoms. The van der Waals surface area contributed by atoms with Gasteiger partial charge < -0.3 is 14.9 Å². The molecule has 118 valence electrons. The molecule has 1 unspecified atom stereocenters. The molecule has 0 aliphatic rings. The Kier molecular flexibility index (Phi) is 5.72. The molecule has 0 saturated carbocycles. The van der Waals surface area contributed by atoms with Gasteiger partial charge >= 0.3 is 0 Å². The molecule has 1 aromatic carbocycles. The number of benzene rings is 1. The SMILES string of the molecule is CCC(CC)c1cc(C(=O)NC(CO)c2ccccc2)on1. The Hall–Kier alpha value is -2.14. The second-order valence-corrected chi connectivity index (χ2v) is 5.25. The first kappa shape index (κ1) is 16.2. The number of carbonyl (C=O) groups is 1. The van der Waals surface area contributed by atoms with Gasteiger partial charge in [0.1, 0.15) is 0 Å². The Morgan fingerprint density at radius 1 is 1.27 bits per heavy atom. The highest BCUT2D eigenvalue weighted by Crippen LogP contribution is 2.22. The number of hydrogen-bond donors (Lipinski definition) is 2. The van der Waals surface area contributed by atoms with Crippen LogP contribution in [-0.4, -0.2) is 22.8 Å². The van der Waals surface area contributed by atoms with Gasteiger partial charge in [0, 0.05) is 12.0 Å². The quantitative estimate of drug-likeness (QED) is 0.824. The van der Waals surface area contributed by atoms with Gasteiger partial charge in [-0.25, -0.2) is 0 Å². The molecule has 0 saturated heterocycles. The fourth-order valence-corrected chi connectivity index (χ4v) is 2.44. The van der Waals surface area contributed by atoms with Crippen LogP contribution in [0.25, 0.3) is 0 Å². The third-order valence-electron chi connectivity index (χ3n) is 3.85. The minimum absolute atomic E-state index is 0.177. The van der Waals surface area contributed by atoms with E-state index in [1.165, 1.54) is 0 Å². The van der Waals surface area contributed by atoms with E-state index in [9.17, 15) is 9.90 Å². The average Bonchev–Trinajstić information content (AvgIpc) is 3.04. The third-order valence-corrected chi connectivity index (χ3v) is 3.85. The van der Waals surface area contributed by atoms with Crippen molar-refractivity contribution < 1.29 is 14.4 Å². The Bertz CT molecular complexity index is 591. The van der Waals surface area contributed by atoms with Crippen LogP contribution in [0.15, 0.2) is 40.9 Å². The van der Waals surface area contributed by atoms with Crippen molar-refractivity contribution in [1.82, 2.24) is 10.5 Å². The summed E-state index contributed by atoms with van der Waals surface area (Å²) in [6, 6.07) is 10.6. The molecule has 0 spiro atoms. The van der Waals surface area contributed by atoms with Gasteiger partial charge in [0.25, 0.3) is 5.91 Å². The van der Waals surface area contributed by atoms with Gasteiger partial charge in [-0.3, -0.25) is 4.79 Å². The lowest BCUT2D eigenvalue weighted by Gasteiger charge is -2.15. The van der Waals surface area contributed by atoms with Gasteiger partial charge in [-0.1, -0.05) is 49.3 Å². The van der Waals surface area contributed by atoms with Gasteiger partial charge in [-0.15, -0.1) is 0 Å². The van der Waals surface area contributed by atoms with Gasteiger partial charge in [-0.05, 0) is 18.4 Å². The fourth-order valence-electron chi connectivity index (χ4n) is 2.44. The van der Waals surface area contributed by atoms with Crippen LogP contribution in [0.1, 0.15) is 60.5 Å². The molecule has 22 heavy (non-hydrogen) atoms. The summed E-state index contributed by atoms with van der Waals surface area (Å²) in [6.07, 6.45) is 1.90. The zero-order valence-corrected chi connectivity index (χ0v) is 13.0. The summed E-state index contributed by atoms with van der Waals surface area (Å²) in [4.78, 5) is 12.2. The van der Waals surface area contributed by atoms with Crippen LogP contribution in [0.3, 0.4) is 0 Å². The first-order valence-corrected chi connectivity index (χ1v) is 7.62. The number of aliphatic hydroxyl groups excluding tert-OH is 1. The molecule has 1 heterocycles. The fraction of sp³-hybridized carbons (Fsp3) is 0.412. The molecule has 5 nitrogen and oxygen atoms in total. The molecule has 0 aliphatic heterocycles. The number of aromatic nitrogens is 1. The third kappa shape index (κ3) is 3.74. The van der Waals surface area contributed by atoms with E-state index in [0.29, 0.717) is 5.92 Å². The standard InChI is InChI=1S/C17H22N2O3/c1-3-12(4-2)14-10-16(22-19-14)17(21)18-15(11-20)13-8-6-5-7-9-13/h5-10,12,15,20H,3-4,11H2,1-2H3,(H,18,21). The van der Waals surface area contributed by atoms with Gasteiger partial charge in [0.15, 0.2) is 0 Å². The molecule has 2 rings (SSSR count). The van der Waals surface area contributed by atoms with Crippen LogP contribution in [0.4, 0.5) is 0 Å². The molecule has 0 fully saturated rings. The first-order valence-electron chi connectivity index (χ1n) is 7.62. The van der Waals surface area contributed by atoms with E-state index in [2.05, 4.69) is 24.3 Å². The summed E-state index contributed by atoms with van der Waals surface area (Å²) >= 11 is 0.